The third-order valence-corrected chi connectivity index (χ3v) is 5.43. The Labute approximate surface area is 111 Å². The Balaban J connectivity index is 1.48. The zero-order valence-corrected chi connectivity index (χ0v) is 11.8. The molecule has 3 rings (SSSR count). The zero-order valence-electron chi connectivity index (χ0n) is 11.8. The van der Waals surface area contributed by atoms with E-state index in [1.165, 1.54) is 25.7 Å². The smallest absolute Gasteiger partial charge is 0.225 e. The highest BCUT2D eigenvalue weighted by Crippen LogP contribution is 2.54. The minimum Gasteiger partial charge on any atom is -0.340 e. The molecule has 0 radical (unpaired) electrons. The first-order valence-corrected chi connectivity index (χ1v) is 7.72. The van der Waals surface area contributed by atoms with Gasteiger partial charge < -0.3 is 4.90 Å². The summed E-state index contributed by atoms with van der Waals surface area (Å²) in [5, 5.41) is 0. The topological polar surface area (TPSA) is 23.6 Å². The molecule has 102 valence electrons. The van der Waals surface area contributed by atoms with Crippen molar-refractivity contribution in [1.82, 2.24) is 9.80 Å². The van der Waals surface area contributed by atoms with Crippen LogP contribution in [0.3, 0.4) is 0 Å². The normalized spacial score (nSPS) is 37.4. The van der Waals surface area contributed by atoms with Gasteiger partial charge in [-0.15, -0.1) is 0 Å². The zero-order chi connectivity index (χ0) is 12.7. The van der Waals surface area contributed by atoms with Gasteiger partial charge in [-0.25, -0.2) is 0 Å². The number of piperazine rings is 1. The Morgan fingerprint density at radius 1 is 1.11 bits per heavy atom. The SMILES string of the molecule is CCC(C)N1CCN(C(=O)C2CC3CC3C2)CC1. The molecule has 3 fully saturated rings. The van der Waals surface area contributed by atoms with E-state index in [9.17, 15) is 4.79 Å². The molecular formula is C15H26N2O. The summed E-state index contributed by atoms with van der Waals surface area (Å²) in [5.41, 5.74) is 0. The van der Waals surface area contributed by atoms with Crippen LogP contribution in [0.5, 0.6) is 0 Å². The molecule has 0 spiro atoms. The Kier molecular flexibility index (Phi) is 3.35. The number of fused-ring (bicyclic) bond motifs is 1. The number of carbonyl (C=O) groups is 1. The molecule has 1 aliphatic heterocycles. The number of amides is 1. The predicted molar refractivity (Wildman–Crippen MR) is 72.2 cm³/mol. The van der Waals surface area contributed by atoms with E-state index < -0.39 is 0 Å². The first-order valence-electron chi connectivity index (χ1n) is 7.72. The fourth-order valence-corrected chi connectivity index (χ4v) is 3.82. The lowest BCUT2D eigenvalue weighted by Crippen LogP contribution is -2.52. The van der Waals surface area contributed by atoms with Crippen LogP contribution >= 0.6 is 0 Å². The van der Waals surface area contributed by atoms with Gasteiger partial charge >= 0.3 is 0 Å². The third kappa shape index (κ3) is 2.29. The van der Waals surface area contributed by atoms with Crippen LogP contribution in [-0.2, 0) is 4.79 Å². The van der Waals surface area contributed by atoms with Gasteiger partial charge in [-0.3, -0.25) is 9.69 Å². The fraction of sp³-hybridized carbons (Fsp3) is 0.933. The first kappa shape index (κ1) is 12.5. The lowest BCUT2D eigenvalue weighted by molar-refractivity contribution is -0.137. The summed E-state index contributed by atoms with van der Waals surface area (Å²) in [6, 6.07) is 0.668. The van der Waals surface area contributed by atoms with Gasteiger partial charge in [0.05, 0.1) is 0 Å². The number of rotatable bonds is 3. The average Bonchev–Trinajstić information content (AvgIpc) is 3.03. The Morgan fingerprint density at radius 3 is 2.28 bits per heavy atom. The van der Waals surface area contributed by atoms with Gasteiger partial charge in [0.1, 0.15) is 0 Å². The van der Waals surface area contributed by atoms with Gasteiger partial charge in [0.25, 0.3) is 0 Å². The molecule has 18 heavy (non-hydrogen) atoms. The van der Waals surface area contributed by atoms with Crippen LogP contribution < -0.4 is 0 Å². The summed E-state index contributed by atoms with van der Waals surface area (Å²) in [5.74, 6) is 2.68. The predicted octanol–water partition coefficient (Wildman–Crippen LogP) is 1.98. The third-order valence-electron chi connectivity index (χ3n) is 5.43. The van der Waals surface area contributed by atoms with Crippen molar-refractivity contribution in [3.8, 4) is 0 Å². The van der Waals surface area contributed by atoms with E-state index >= 15 is 0 Å². The van der Waals surface area contributed by atoms with E-state index in [1.807, 2.05) is 0 Å². The fourth-order valence-electron chi connectivity index (χ4n) is 3.82. The average molecular weight is 250 g/mol. The molecule has 3 aliphatic rings. The highest BCUT2D eigenvalue weighted by Gasteiger charge is 2.48. The van der Waals surface area contributed by atoms with Gasteiger partial charge in [0, 0.05) is 38.1 Å². The van der Waals surface area contributed by atoms with Crippen LogP contribution in [0.15, 0.2) is 0 Å². The molecule has 2 aliphatic carbocycles. The van der Waals surface area contributed by atoms with Gasteiger partial charge in [-0.05, 0) is 44.4 Å². The molecule has 3 atom stereocenters. The maximum absolute atomic E-state index is 12.4. The van der Waals surface area contributed by atoms with E-state index in [1.54, 1.807) is 0 Å². The molecule has 0 aromatic heterocycles. The van der Waals surface area contributed by atoms with E-state index in [2.05, 4.69) is 23.6 Å². The monoisotopic (exact) mass is 250 g/mol. The molecule has 3 heteroatoms. The molecule has 0 N–H and O–H groups in total. The van der Waals surface area contributed by atoms with Crippen molar-refractivity contribution in [2.24, 2.45) is 17.8 Å². The number of hydrogen-bond donors (Lipinski definition) is 0. The summed E-state index contributed by atoms with van der Waals surface area (Å²) in [4.78, 5) is 17.1. The van der Waals surface area contributed by atoms with E-state index in [-0.39, 0.29) is 0 Å². The Bertz CT molecular complexity index is 312. The molecule has 3 nitrogen and oxygen atoms in total. The largest absolute Gasteiger partial charge is 0.340 e. The summed E-state index contributed by atoms with van der Waals surface area (Å²) in [7, 11) is 0. The van der Waals surface area contributed by atoms with Crippen LogP contribution in [0.4, 0.5) is 0 Å². The van der Waals surface area contributed by atoms with Crippen LogP contribution in [0.25, 0.3) is 0 Å². The van der Waals surface area contributed by atoms with Crippen molar-refractivity contribution in [1.29, 1.82) is 0 Å². The molecule has 1 heterocycles. The van der Waals surface area contributed by atoms with Gasteiger partial charge in [0.2, 0.25) is 5.91 Å². The Morgan fingerprint density at radius 2 is 1.72 bits per heavy atom. The van der Waals surface area contributed by atoms with Crippen LogP contribution in [-0.4, -0.2) is 47.9 Å². The molecule has 1 amide bonds. The van der Waals surface area contributed by atoms with Crippen LogP contribution in [0.1, 0.15) is 39.5 Å². The highest BCUT2D eigenvalue weighted by molar-refractivity contribution is 5.79. The number of carbonyl (C=O) groups excluding carboxylic acids is 1. The minimum absolute atomic E-state index is 0.379. The number of hydrogen-bond acceptors (Lipinski definition) is 2. The molecule has 0 aromatic rings. The quantitative estimate of drug-likeness (QED) is 0.764. The maximum Gasteiger partial charge on any atom is 0.225 e. The van der Waals surface area contributed by atoms with Crippen molar-refractivity contribution in [3.05, 3.63) is 0 Å². The van der Waals surface area contributed by atoms with Gasteiger partial charge in [0.15, 0.2) is 0 Å². The maximum atomic E-state index is 12.4. The van der Waals surface area contributed by atoms with Gasteiger partial charge in [-0.1, -0.05) is 6.92 Å². The Hall–Kier alpha value is -0.570. The second kappa shape index (κ2) is 4.84. The molecule has 2 saturated carbocycles. The molecular weight excluding hydrogens is 224 g/mol. The molecule has 0 bridgehead atoms. The molecule has 1 saturated heterocycles. The van der Waals surface area contributed by atoms with Crippen molar-refractivity contribution in [3.63, 3.8) is 0 Å². The first-order chi connectivity index (χ1) is 8.69. The van der Waals surface area contributed by atoms with E-state index in [0.717, 1.165) is 38.0 Å². The van der Waals surface area contributed by atoms with Crippen molar-refractivity contribution in [2.75, 3.05) is 26.2 Å². The summed E-state index contributed by atoms with van der Waals surface area (Å²) in [6.07, 6.45) is 5.00. The van der Waals surface area contributed by atoms with Crippen molar-refractivity contribution < 1.29 is 4.79 Å². The number of nitrogens with zero attached hydrogens (tertiary/aromatic N) is 2. The second-order valence-corrected chi connectivity index (χ2v) is 6.54. The van der Waals surface area contributed by atoms with E-state index in [4.69, 9.17) is 0 Å². The van der Waals surface area contributed by atoms with Crippen molar-refractivity contribution in [2.45, 2.75) is 45.6 Å². The summed E-state index contributed by atoms with van der Waals surface area (Å²) in [6.45, 7) is 8.58. The summed E-state index contributed by atoms with van der Waals surface area (Å²) < 4.78 is 0. The highest BCUT2D eigenvalue weighted by atomic mass is 16.2. The lowest BCUT2D eigenvalue weighted by Gasteiger charge is -2.38. The van der Waals surface area contributed by atoms with Crippen LogP contribution in [0.2, 0.25) is 0 Å². The standard InChI is InChI=1S/C15H26N2O/c1-3-11(2)16-4-6-17(7-5-16)15(18)14-9-12-8-13(12)10-14/h11-14H,3-10H2,1-2H3. The molecule has 3 unspecified atom stereocenters. The molecule has 0 aromatic carbocycles. The summed E-state index contributed by atoms with van der Waals surface area (Å²) >= 11 is 0. The minimum atomic E-state index is 0.379. The van der Waals surface area contributed by atoms with Gasteiger partial charge in [-0.2, -0.15) is 0 Å². The van der Waals surface area contributed by atoms with Crippen molar-refractivity contribution >= 4 is 5.91 Å². The van der Waals surface area contributed by atoms with Crippen LogP contribution in [0, 0.1) is 17.8 Å². The second-order valence-electron chi connectivity index (χ2n) is 6.54. The van der Waals surface area contributed by atoms with E-state index in [0.29, 0.717) is 17.9 Å². The lowest BCUT2D eigenvalue weighted by atomic mass is 10.0.